The molecule has 1 heterocycles. The minimum absolute atomic E-state index is 0.0109. The number of hydrogen-bond donors (Lipinski definition) is 0. The number of ether oxygens (including phenoxy) is 3. The monoisotopic (exact) mass is 279 g/mol. The van der Waals surface area contributed by atoms with Gasteiger partial charge in [-0.15, -0.1) is 0 Å². The van der Waals surface area contributed by atoms with E-state index in [-0.39, 0.29) is 5.91 Å². The Hall–Kier alpha value is -1.59. The molecule has 5 heteroatoms. The highest BCUT2D eigenvalue weighted by atomic mass is 16.7. The Labute approximate surface area is 119 Å². The average molecular weight is 279 g/mol. The van der Waals surface area contributed by atoms with E-state index in [9.17, 15) is 4.79 Å². The Morgan fingerprint density at radius 3 is 2.25 bits per heavy atom. The van der Waals surface area contributed by atoms with E-state index in [1.54, 1.807) is 33.5 Å². The molecule has 0 N–H and O–H groups in total. The van der Waals surface area contributed by atoms with Crippen LogP contribution in [-0.2, 0) is 9.47 Å². The van der Waals surface area contributed by atoms with Crippen molar-refractivity contribution >= 4 is 5.91 Å². The van der Waals surface area contributed by atoms with Gasteiger partial charge in [0.15, 0.2) is 5.79 Å². The smallest absolute Gasteiger partial charge is 0.257 e. The van der Waals surface area contributed by atoms with Gasteiger partial charge in [-0.1, -0.05) is 12.1 Å². The van der Waals surface area contributed by atoms with Crippen molar-refractivity contribution in [3.63, 3.8) is 0 Å². The van der Waals surface area contributed by atoms with Gasteiger partial charge < -0.3 is 19.1 Å². The number of nitrogens with zero attached hydrogens (tertiary/aromatic N) is 1. The summed E-state index contributed by atoms with van der Waals surface area (Å²) in [5, 5.41) is 0. The maximum atomic E-state index is 12.5. The fraction of sp³-hybridized carbons (Fsp3) is 0.533. The van der Waals surface area contributed by atoms with Crippen LogP contribution in [0.1, 0.15) is 23.2 Å². The predicted molar refractivity (Wildman–Crippen MR) is 74.9 cm³/mol. The Balaban J connectivity index is 2.09. The Morgan fingerprint density at radius 2 is 1.70 bits per heavy atom. The van der Waals surface area contributed by atoms with Gasteiger partial charge in [0, 0.05) is 40.2 Å². The Kier molecular flexibility index (Phi) is 4.62. The third-order valence-corrected chi connectivity index (χ3v) is 3.89. The summed E-state index contributed by atoms with van der Waals surface area (Å²) in [6.45, 7) is 1.22. The molecule has 0 bridgehead atoms. The minimum Gasteiger partial charge on any atom is -0.496 e. The van der Waals surface area contributed by atoms with E-state index in [2.05, 4.69) is 0 Å². The molecule has 1 saturated heterocycles. The zero-order valence-corrected chi connectivity index (χ0v) is 12.2. The largest absolute Gasteiger partial charge is 0.496 e. The Morgan fingerprint density at radius 1 is 1.10 bits per heavy atom. The lowest BCUT2D eigenvalue weighted by molar-refractivity contribution is -0.226. The van der Waals surface area contributed by atoms with Gasteiger partial charge in [-0.2, -0.15) is 0 Å². The van der Waals surface area contributed by atoms with Crippen molar-refractivity contribution in [2.75, 3.05) is 34.4 Å². The summed E-state index contributed by atoms with van der Waals surface area (Å²) in [6.07, 6.45) is 1.34. The number of piperidine rings is 1. The van der Waals surface area contributed by atoms with Crippen molar-refractivity contribution in [3.8, 4) is 5.75 Å². The molecule has 20 heavy (non-hydrogen) atoms. The lowest BCUT2D eigenvalue weighted by Gasteiger charge is -2.39. The van der Waals surface area contributed by atoms with Crippen molar-refractivity contribution in [3.05, 3.63) is 29.8 Å². The van der Waals surface area contributed by atoms with Crippen molar-refractivity contribution < 1.29 is 19.0 Å². The van der Waals surface area contributed by atoms with Crippen LogP contribution in [0.3, 0.4) is 0 Å². The first-order valence-corrected chi connectivity index (χ1v) is 6.68. The van der Waals surface area contributed by atoms with E-state index in [0.717, 1.165) is 0 Å². The predicted octanol–water partition coefficient (Wildman–Crippen LogP) is 1.92. The molecule has 0 saturated carbocycles. The summed E-state index contributed by atoms with van der Waals surface area (Å²) in [5.41, 5.74) is 0.595. The van der Waals surface area contributed by atoms with Gasteiger partial charge >= 0.3 is 0 Å². The molecule has 5 nitrogen and oxygen atoms in total. The van der Waals surface area contributed by atoms with Gasteiger partial charge in [-0.25, -0.2) is 0 Å². The zero-order valence-electron chi connectivity index (χ0n) is 12.2. The molecule has 0 aliphatic carbocycles. The van der Waals surface area contributed by atoms with Gasteiger partial charge in [-0.3, -0.25) is 4.79 Å². The summed E-state index contributed by atoms with van der Waals surface area (Å²) in [5.74, 6) is 0.0356. The van der Waals surface area contributed by atoms with Crippen LogP contribution in [0.5, 0.6) is 5.75 Å². The van der Waals surface area contributed by atoms with Crippen LogP contribution < -0.4 is 4.74 Å². The van der Waals surface area contributed by atoms with E-state index in [1.165, 1.54) is 0 Å². The second-order valence-corrected chi connectivity index (χ2v) is 4.81. The molecule has 1 fully saturated rings. The number of hydrogen-bond acceptors (Lipinski definition) is 4. The normalized spacial score (nSPS) is 17.9. The van der Waals surface area contributed by atoms with Crippen LogP contribution in [0.2, 0.25) is 0 Å². The van der Waals surface area contributed by atoms with Crippen LogP contribution >= 0.6 is 0 Å². The number of benzene rings is 1. The lowest BCUT2D eigenvalue weighted by atomic mass is 10.0. The third-order valence-electron chi connectivity index (χ3n) is 3.89. The number of amides is 1. The number of likely N-dealkylation sites (tertiary alicyclic amines) is 1. The standard InChI is InChI=1S/C15H21NO4/c1-18-13-7-5-4-6-12(13)14(17)16-10-8-15(19-2,20-3)9-11-16/h4-7H,8-11H2,1-3H3. The highest BCUT2D eigenvalue weighted by Crippen LogP contribution is 2.28. The average Bonchev–Trinajstić information content (AvgIpc) is 2.54. The first-order valence-electron chi connectivity index (χ1n) is 6.68. The van der Waals surface area contributed by atoms with E-state index < -0.39 is 5.79 Å². The van der Waals surface area contributed by atoms with Gasteiger partial charge in [0.1, 0.15) is 5.75 Å². The summed E-state index contributed by atoms with van der Waals surface area (Å²) in [4.78, 5) is 14.3. The van der Waals surface area contributed by atoms with Crippen LogP contribution in [0.4, 0.5) is 0 Å². The van der Waals surface area contributed by atoms with Crippen LogP contribution in [-0.4, -0.2) is 51.0 Å². The first-order chi connectivity index (χ1) is 9.65. The number of rotatable bonds is 4. The summed E-state index contributed by atoms with van der Waals surface area (Å²) < 4.78 is 16.1. The molecule has 1 aromatic rings. The summed E-state index contributed by atoms with van der Waals surface area (Å²) >= 11 is 0. The van der Waals surface area contributed by atoms with Gasteiger partial charge in [0.25, 0.3) is 5.91 Å². The molecule has 1 aliphatic heterocycles. The molecule has 110 valence electrons. The van der Waals surface area contributed by atoms with Crippen molar-refractivity contribution in [2.24, 2.45) is 0 Å². The third kappa shape index (κ3) is 2.78. The van der Waals surface area contributed by atoms with Crippen LogP contribution in [0, 0.1) is 0 Å². The molecule has 1 amide bonds. The van der Waals surface area contributed by atoms with Gasteiger partial charge in [0.05, 0.1) is 12.7 Å². The molecular weight excluding hydrogens is 258 g/mol. The minimum atomic E-state index is -0.558. The quantitative estimate of drug-likeness (QED) is 0.790. The van der Waals surface area contributed by atoms with Crippen molar-refractivity contribution in [1.82, 2.24) is 4.90 Å². The zero-order chi connectivity index (χ0) is 14.6. The molecule has 0 spiro atoms. The van der Waals surface area contributed by atoms with E-state index in [1.807, 2.05) is 17.0 Å². The SMILES string of the molecule is COc1ccccc1C(=O)N1CCC(OC)(OC)CC1. The number of carbonyl (C=O) groups excluding carboxylic acids is 1. The molecule has 0 unspecified atom stereocenters. The van der Waals surface area contributed by atoms with Gasteiger partial charge in [-0.05, 0) is 12.1 Å². The van der Waals surface area contributed by atoms with Gasteiger partial charge in [0.2, 0.25) is 0 Å². The highest BCUT2D eigenvalue weighted by Gasteiger charge is 2.36. The molecule has 0 aromatic heterocycles. The molecule has 2 rings (SSSR count). The summed E-state index contributed by atoms with van der Waals surface area (Å²) in [7, 11) is 4.85. The molecule has 1 aliphatic rings. The number of para-hydroxylation sites is 1. The Bertz CT molecular complexity index is 461. The lowest BCUT2D eigenvalue weighted by Crippen LogP contribution is -2.48. The number of methoxy groups -OCH3 is 3. The van der Waals surface area contributed by atoms with Crippen LogP contribution in [0.15, 0.2) is 24.3 Å². The van der Waals surface area contributed by atoms with Crippen molar-refractivity contribution in [2.45, 2.75) is 18.6 Å². The van der Waals surface area contributed by atoms with Crippen LogP contribution in [0.25, 0.3) is 0 Å². The first kappa shape index (κ1) is 14.8. The number of carbonyl (C=O) groups is 1. The molecule has 1 aromatic carbocycles. The fourth-order valence-corrected chi connectivity index (χ4v) is 2.53. The second kappa shape index (κ2) is 6.24. The fourth-order valence-electron chi connectivity index (χ4n) is 2.53. The second-order valence-electron chi connectivity index (χ2n) is 4.81. The highest BCUT2D eigenvalue weighted by molar-refractivity contribution is 5.97. The maximum Gasteiger partial charge on any atom is 0.257 e. The maximum absolute atomic E-state index is 12.5. The van der Waals surface area contributed by atoms with Crippen molar-refractivity contribution in [1.29, 1.82) is 0 Å². The van der Waals surface area contributed by atoms with E-state index in [0.29, 0.717) is 37.2 Å². The molecule has 0 atom stereocenters. The molecular formula is C15H21NO4. The summed E-state index contributed by atoms with van der Waals surface area (Å²) in [6, 6.07) is 7.28. The topological polar surface area (TPSA) is 48.0 Å². The van der Waals surface area contributed by atoms with E-state index >= 15 is 0 Å². The van der Waals surface area contributed by atoms with E-state index in [4.69, 9.17) is 14.2 Å². The molecule has 0 radical (unpaired) electrons.